The van der Waals surface area contributed by atoms with Gasteiger partial charge >= 0.3 is 12.3 Å². The van der Waals surface area contributed by atoms with Gasteiger partial charge in [0.25, 0.3) is 5.91 Å². The summed E-state index contributed by atoms with van der Waals surface area (Å²) in [4.78, 5) is 26.5. The zero-order chi connectivity index (χ0) is 28.3. The molecule has 7 nitrogen and oxygen atoms in total. The molecule has 1 heterocycles. The third-order valence-electron chi connectivity index (χ3n) is 8.51. The van der Waals surface area contributed by atoms with Gasteiger partial charge in [0.05, 0.1) is 5.60 Å². The summed E-state index contributed by atoms with van der Waals surface area (Å²) in [5, 5.41) is 24.9. The molecular formula is C29H28F3NO6S. The average molecular weight is 576 g/mol. The molecule has 7 rings (SSSR count). The third-order valence-corrected chi connectivity index (χ3v) is 9.66. The first-order valence-corrected chi connectivity index (χ1v) is 14.0. The number of alkyl halides is 3. The average Bonchev–Trinajstić information content (AvgIpc) is 3.23. The number of fused-ring (bicyclic) bond motifs is 1. The Morgan fingerprint density at radius 1 is 1.05 bits per heavy atom. The fraction of sp³-hybridized carbons (Fsp3) is 0.448. The van der Waals surface area contributed by atoms with E-state index in [4.69, 9.17) is 4.74 Å². The number of ether oxygens (including phenoxy) is 2. The summed E-state index contributed by atoms with van der Waals surface area (Å²) in [6.45, 7) is -0.0318. The number of carboxylic acids is 1. The van der Waals surface area contributed by atoms with E-state index in [0.29, 0.717) is 43.1 Å². The number of hydrogen-bond acceptors (Lipinski definition) is 6. The Balaban J connectivity index is 1.25. The van der Waals surface area contributed by atoms with E-state index in [2.05, 4.69) is 10.1 Å². The number of carboxylic acid groups (broad SMARTS) is 1. The van der Waals surface area contributed by atoms with E-state index in [1.807, 2.05) is 12.1 Å². The van der Waals surface area contributed by atoms with Crippen molar-refractivity contribution in [2.24, 2.45) is 17.3 Å². The summed E-state index contributed by atoms with van der Waals surface area (Å²) in [6.07, 6.45) is -0.764. The molecule has 40 heavy (non-hydrogen) atoms. The number of carbonyl (C=O) groups excluding carboxylic acids is 1. The highest BCUT2D eigenvalue weighted by molar-refractivity contribution is 7.21. The Bertz CT molecular complexity index is 1440. The standard InChI is InChI=1S/C29H28F3NO6S/c30-29(31,32)39-19-7-5-16(6-8-19)14-38-22-20-3-1-2-4-21(20)40-23(22)25(34)33-24(26(35)36)27-10-17-9-18(11-27)13-28(37,12-17)15-27/h1-8,17-18,24,37H,9-15H2,(H,33,34)(H,35,36)/t17-,18+,24-,27?,28?/m1/s1. The first kappa shape index (κ1) is 26.9. The molecule has 1 aromatic heterocycles. The van der Waals surface area contributed by atoms with Crippen LogP contribution in [-0.4, -0.2) is 40.1 Å². The number of carbonyl (C=O) groups is 2. The van der Waals surface area contributed by atoms with Gasteiger partial charge in [0.15, 0.2) is 5.75 Å². The van der Waals surface area contributed by atoms with Gasteiger partial charge in [-0.25, -0.2) is 4.79 Å². The Kier molecular flexibility index (Phi) is 6.49. The van der Waals surface area contributed by atoms with Gasteiger partial charge in [-0.2, -0.15) is 0 Å². The molecule has 4 bridgehead atoms. The maximum atomic E-state index is 13.7. The zero-order valence-corrected chi connectivity index (χ0v) is 22.2. The SMILES string of the molecule is O=C(N[C@H](C(=O)O)C12C[C@@H]3C[C@@H](CC(O)(C3)C1)C2)c1sc2ccccc2c1OCc1ccc(OC(F)(F)F)cc1. The van der Waals surface area contributed by atoms with E-state index < -0.39 is 35.3 Å². The number of amides is 1. The molecule has 0 saturated heterocycles. The summed E-state index contributed by atoms with van der Waals surface area (Å²) < 4.78 is 48.2. The van der Waals surface area contributed by atoms with Crippen molar-refractivity contribution in [3.8, 4) is 11.5 Å². The highest BCUT2D eigenvalue weighted by atomic mass is 32.1. The topological polar surface area (TPSA) is 105 Å². The van der Waals surface area contributed by atoms with Gasteiger partial charge in [-0.05, 0) is 80.2 Å². The monoisotopic (exact) mass is 575 g/mol. The van der Waals surface area contributed by atoms with Crippen LogP contribution in [0.15, 0.2) is 48.5 Å². The molecule has 0 aliphatic heterocycles. The normalized spacial score (nSPS) is 27.9. The molecule has 11 heteroatoms. The molecule has 4 saturated carbocycles. The Labute approximate surface area is 231 Å². The number of benzene rings is 2. The molecule has 4 aliphatic rings. The summed E-state index contributed by atoms with van der Waals surface area (Å²) in [5.41, 5.74) is -1.03. The fourth-order valence-corrected chi connectivity index (χ4v) is 8.60. The maximum Gasteiger partial charge on any atom is 0.573 e. The Morgan fingerprint density at radius 3 is 2.35 bits per heavy atom. The van der Waals surface area contributed by atoms with Gasteiger partial charge in [0.1, 0.15) is 23.3 Å². The highest BCUT2D eigenvalue weighted by Crippen LogP contribution is 2.63. The second kappa shape index (κ2) is 9.66. The van der Waals surface area contributed by atoms with Crippen LogP contribution in [0.25, 0.3) is 10.1 Å². The molecule has 2 unspecified atom stereocenters. The lowest BCUT2D eigenvalue weighted by Gasteiger charge is -2.61. The van der Waals surface area contributed by atoms with Crippen LogP contribution in [-0.2, 0) is 11.4 Å². The smallest absolute Gasteiger partial charge is 0.487 e. The fourth-order valence-electron chi connectivity index (χ4n) is 7.55. The zero-order valence-electron chi connectivity index (χ0n) is 21.4. The van der Waals surface area contributed by atoms with Gasteiger partial charge in [0, 0.05) is 15.5 Å². The quantitative estimate of drug-likeness (QED) is 0.309. The maximum absolute atomic E-state index is 13.7. The van der Waals surface area contributed by atoms with Gasteiger partial charge in [-0.1, -0.05) is 24.3 Å². The molecular weight excluding hydrogens is 547 g/mol. The number of nitrogens with one attached hydrogen (secondary N) is 1. The van der Waals surface area contributed by atoms with E-state index in [1.54, 1.807) is 12.1 Å². The predicted molar refractivity (Wildman–Crippen MR) is 140 cm³/mol. The summed E-state index contributed by atoms with van der Waals surface area (Å²) in [6, 6.07) is 11.3. The lowest BCUT2D eigenvalue weighted by atomic mass is 9.46. The van der Waals surface area contributed by atoms with Crippen LogP contribution in [0.4, 0.5) is 13.2 Å². The van der Waals surface area contributed by atoms with Crippen molar-refractivity contribution in [3.63, 3.8) is 0 Å². The van der Waals surface area contributed by atoms with Crippen molar-refractivity contribution >= 4 is 33.3 Å². The van der Waals surface area contributed by atoms with Crippen molar-refractivity contribution in [2.45, 2.75) is 63.1 Å². The van der Waals surface area contributed by atoms with Gasteiger partial charge in [-0.15, -0.1) is 24.5 Å². The second-order valence-corrected chi connectivity index (χ2v) is 12.6. The minimum absolute atomic E-state index is 0.0318. The molecule has 1 amide bonds. The minimum atomic E-state index is -4.79. The van der Waals surface area contributed by atoms with Crippen LogP contribution in [0.5, 0.6) is 11.5 Å². The van der Waals surface area contributed by atoms with Crippen molar-refractivity contribution in [2.75, 3.05) is 0 Å². The number of aliphatic carboxylic acids is 1. The van der Waals surface area contributed by atoms with Crippen LogP contribution in [0, 0.1) is 17.3 Å². The number of halogens is 3. The van der Waals surface area contributed by atoms with Crippen LogP contribution >= 0.6 is 11.3 Å². The van der Waals surface area contributed by atoms with E-state index in [0.717, 1.165) is 11.1 Å². The van der Waals surface area contributed by atoms with Crippen molar-refractivity contribution in [1.82, 2.24) is 5.32 Å². The summed E-state index contributed by atoms with van der Waals surface area (Å²) >= 11 is 1.18. The Hall–Kier alpha value is -3.31. The van der Waals surface area contributed by atoms with E-state index in [9.17, 15) is 33.0 Å². The Morgan fingerprint density at radius 2 is 1.73 bits per heavy atom. The van der Waals surface area contributed by atoms with Crippen molar-refractivity contribution < 1.29 is 42.4 Å². The number of thiophene rings is 1. The molecule has 0 spiro atoms. The van der Waals surface area contributed by atoms with E-state index in [1.165, 1.54) is 35.6 Å². The van der Waals surface area contributed by atoms with Gasteiger partial charge < -0.3 is 25.0 Å². The predicted octanol–water partition coefficient (Wildman–Crippen LogP) is 5.89. The minimum Gasteiger partial charge on any atom is -0.487 e. The molecule has 5 atom stereocenters. The van der Waals surface area contributed by atoms with Gasteiger partial charge in [0.2, 0.25) is 0 Å². The van der Waals surface area contributed by atoms with Crippen molar-refractivity contribution in [3.05, 3.63) is 59.0 Å². The summed E-state index contributed by atoms with van der Waals surface area (Å²) in [7, 11) is 0. The molecule has 4 aliphatic carbocycles. The lowest BCUT2D eigenvalue weighted by molar-refractivity contribution is -0.274. The number of hydrogen-bond donors (Lipinski definition) is 3. The summed E-state index contributed by atoms with van der Waals surface area (Å²) in [5.74, 6) is -1.26. The van der Waals surface area contributed by atoms with Crippen LogP contribution < -0.4 is 14.8 Å². The molecule has 3 N–H and O–H groups in total. The second-order valence-electron chi connectivity index (χ2n) is 11.5. The molecule has 2 aromatic carbocycles. The largest absolute Gasteiger partial charge is 0.573 e. The first-order valence-electron chi connectivity index (χ1n) is 13.2. The lowest BCUT2D eigenvalue weighted by Crippen LogP contribution is -2.64. The molecule has 0 radical (unpaired) electrons. The van der Waals surface area contributed by atoms with Crippen molar-refractivity contribution in [1.29, 1.82) is 0 Å². The number of aliphatic hydroxyl groups is 1. The van der Waals surface area contributed by atoms with E-state index in [-0.39, 0.29) is 34.8 Å². The van der Waals surface area contributed by atoms with Crippen LogP contribution in [0.1, 0.15) is 53.8 Å². The first-order chi connectivity index (χ1) is 18.9. The number of rotatable bonds is 8. The van der Waals surface area contributed by atoms with Crippen LogP contribution in [0.2, 0.25) is 0 Å². The third kappa shape index (κ3) is 5.12. The molecule has 212 valence electrons. The van der Waals surface area contributed by atoms with Crippen LogP contribution in [0.3, 0.4) is 0 Å². The van der Waals surface area contributed by atoms with Gasteiger partial charge in [-0.3, -0.25) is 4.79 Å². The molecule has 4 fully saturated rings. The highest BCUT2D eigenvalue weighted by Gasteiger charge is 2.61. The molecule has 3 aromatic rings. The van der Waals surface area contributed by atoms with E-state index >= 15 is 0 Å².